The van der Waals surface area contributed by atoms with Gasteiger partial charge < -0.3 is 10.1 Å². The molecule has 1 N–H and O–H groups in total. The summed E-state index contributed by atoms with van der Waals surface area (Å²) >= 11 is 7.64. The zero-order chi connectivity index (χ0) is 12.3. The van der Waals surface area contributed by atoms with Gasteiger partial charge >= 0.3 is 0 Å². The van der Waals surface area contributed by atoms with Crippen molar-refractivity contribution in [2.75, 3.05) is 14.2 Å². The van der Waals surface area contributed by atoms with Crippen LogP contribution in [0.1, 0.15) is 5.01 Å². The van der Waals surface area contributed by atoms with Gasteiger partial charge in [-0.15, -0.1) is 11.3 Å². The van der Waals surface area contributed by atoms with Crippen LogP contribution in [0.4, 0.5) is 0 Å². The van der Waals surface area contributed by atoms with Crippen LogP contribution in [0.2, 0.25) is 5.02 Å². The molecule has 0 radical (unpaired) electrons. The molecule has 0 atom stereocenters. The number of benzene rings is 1. The molecular weight excluding hydrogens is 256 g/mol. The number of nitrogens with one attached hydrogen (secondary N) is 1. The molecule has 17 heavy (non-hydrogen) atoms. The molecule has 0 saturated carbocycles. The molecule has 2 aromatic rings. The third-order valence-corrected chi connectivity index (χ3v) is 3.57. The molecular formula is C12H13ClN2OS. The van der Waals surface area contributed by atoms with Gasteiger partial charge in [0, 0.05) is 23.3 Å². The van der Waals surface area contributed by atoms with Crippen molar-refractivity contribution in [1.82, 2.24) is 10.3 Å². The third kappa shape index (κ3) is 2.77. The van der Waals surface area contributed by atoms with Crippen LogP contribution in [0.5, 0.6) is 5.75 Å². The molecule has 0 aliphatic rings. The van der Waals surface area contributed by atoms with Crippen molar-refractivity contribution >= 4 is 22.9 Å². The van der Waals surface area contributed by atoms with Gasteiger partial charge in [0.2, 0.25) is 0 Å². The number of aromatic nitrogens is 1. The van der Waals surface area contributed by atoms with Crippen LogP contribution >= 0.6 is 22.9 Å². The van der Waals surface area contributed by atoms with E-state index in [0.29, 0.717) is 5.02 Å². The fraction of sp³-hybridized carbons (Fsp3) is 0.250. The molecule has 0 bridgehead atoms. The monoisotopic (exact) mass is 268 g/mol. The normalized spacial score (nSPS) is 10.5. The van der Waals surface area contributed by atoms with Gasteiger partial charge in [-0.2, -0.15) is 0 Å². The van der Waals surface area contributed by atoms with Gasteiger partial charge in [-0.25, -0.2) is 4.98 Å². The van der Waals surface area contributed by atoms with Crippen molar-refractivity contribution in [3.8, 4) is 16.2 Å². The number of halogens is 1. The van der Waals surface area contributed by atoms with Crippen molar-refractivity contribution in [2.45, 2.75) is 6.54 Å². The average molecular weight is 269 g/mol. The van der Waals surface area contributed by atoms with E-state index in [1.807, 2.05) is 31.4 Å². The van der Waals surface area contributed by atoms with Crippen LogP contribution in [-0.2, 0) is 6.54 Å². The smallest absolute Gasteiger partial charge is 0.127 e. The second-order valence-electron chi connectivity index (χ2n) is 3.49. The molecule has 0 fully saturated rings. The number of rotatable bonds is 4. The molecule has 0 saturated heterocycles. The van der Waals surface area contributed by atoms with Gasteiger partial charge in [0.1, 0.15) is 10.8 Å². The maximum Gasteiger partial charge on any atom is 0.127 e. The van der Waals surface area contributed by atoms with Crippen LogP contribution in [0.3, 0.4) is 0 Å². The summed E-state index contributed by atoms with van der Waals surface area (Å²) < 4.78 is 5.33. The molecule has 0 unspecified atom stereocenters. The molecule has 2 rings (SSSR count). The molecule has 0 aliphatic heterocycles. The molecule has 0 amide bonds. The van der Waals surface area contributed by atoms with Gasteiger partial charge in [-0.05, 0) is 25.2 Å². The highest BCUT2D eigenvalue weighted by Crippen LogP contribution is 2.35. The lowest BCUT2D eigenvalue weighted by Crippen LogP contribution is -2.03. The molecule has 5 heteroatoms. The number of thiazole rings is 1. The van der Waals surface area contributed by atoms with E-state index in [0.717, 1.165) is 27.7 Å². The molecule has 1 heterocycles. The zero-order valence-corrected chi connectivity index (χ0v) is 11.2. The summed E-state index contributed by atoms with van der Waals surface area (Å²) in [4.78, 5) is 5.41. The van der Waals surface area contributed by atoms with Crippen LogP contribution < -0.4 is 10.1 Å². The minimum atomic E-state index is 0.698. The number of ether oxygens (including phenoxy) is 1. The third-order valence-electron chi connectivity index (χ3n) is 2.31. The number of hydrogen-bond donors (Lipinski definition) is 1. The second-order valence-corrected chi connectivity index (χ2v) is 5.04. The van der Waals surface area contributed by atoms with Crippen LogP contribution in [-0.4, -0.2) is 19.1 Å². The first-order chi connectivity index (χ1) is 8.24. The maximum absolute atomic E-state index is 6.01. The Morgan fingerprint density at radius 2 is 2.29 bits per heavy atom. The lowest BCUT2D eigenvalue weighted by Gasteiger charge is -2.06. The Morgan fingerprint density at radius 1 is 1.47 bits per heavy atom. The van der Waals surface area contributed by atoms with Crippen LogP contribution in [0, 0.1) is 0 Å². The summed E-state index contributed by atoms with van der Waals surface area (Å²) in [5, 5.41) is 4.82. The maximum atomic E-state index is 6.01. The van der Waals surface area contributed by atoms with E-state index < -0.39 is 0 Å². The molecule has 90 valence electrons. The highest BCUT2D eigenvalue weighted by Gasteiger charge is 2.10. The minimum Gasteiger partial charge on any atom is -0.496 e. The Morgan fingerprint density at radius 3 is 3.00 bits per heavy atom. The highest BCUT2D eigenvalue weighted by molar-refractivity contribution is 7.15. The Kier molecular flexibility index (Phi) is 3.99. The van der Waals surface area contributed by atoms with Gasteiger partial charge in [-0.3, -0.25) is 0 Å². The van der Waals surface area contributed by atoms with E-state index in [9.17, 15) is 0 Å². The van der Waals surface area contributed by atoms with Crippen molar-refractivity contribution in [2.24, 2.45) is 0 Å². The van der Waals surface area contributed by atoms with E-state index >= 15 is 0 Å². The lowest BCUT2D eigenvalue weighted by atomic mass is 10.2. The standard InChI is InChI=1S/C12H13ClN2OS/c1-14-7-12-15-6-11(17-12)9-5-8(13)3-4-10(9)16-2/h3-6,14H,7H2,1-2H3. The zero-order valence-electron chi connectivity index (χ0n) is 9.66. The summed E-state index contributed by atoms with van der Waals surface area (Å²) in [5.41, 5.74) is 0.986. The largest absolute Gasteiger partial charge is 0.496 e. The second kappa shape index (κ2) is 5.49. The Balaban J connectivity index is 2.40. The quantitative estimate of drug-likeness (QED) is 0.925. The van der Waals surface area contributed by atoms with E-state index in [1.165, 1.54) is 0 Å². The van der Waals surface area contributed by atoms with Crippen molar-refractivity contribution in [3.63, 3.8) is 0 Å². The molecule has 1 aromatic carbocycles. The fourth-order valence-electron chi connectivity index (χ4n) is 1.54. The van der Waals surface area contributed by atoms with Gasteiger partial charge in [0.15, 0.2) is 0 Å². The van der Waals surface area contributed by atoms with E-state index in [1.54, 1.807) is 18.4 Å². The first kappa shape index (κ1) is 12.4. The summed E-state index contributed by atoms with van der Waals surface area (Å²) in [6.45, 7) is 0.771. The SMILES string of the molecule is CNCc1ncc(-c2cc(Cl)ccc2OC)s1. The first-order valence-electron chi connectivity index (χ1n) is 5.18. The molecule has 1 aromatic heterocycles. The van der Waals surface area contributed by atoms with Gasteiger partial charge in [0.25, 0.3) is 0 Å². The Hall–Kier alpha value is -1.10. The number of nitrogens with zero attached hydrogens (tertiary/aromatic N) is 1. The molecule has 0 aliphatic carbocycles. The number of hydrogen-bond acceptors (Lipinski definition) is 4. The average Bonchev–Trinajstić information content (AvgIpc) is 2.78. The summed E-state index contributed by atoms with van der Waals surface area (Å²) in [5.74, 6) is 0.814. The van der Waals surface area contributed by atoms with Gasteiger partial charge in [-0.1, -0.05) is 11.6 Å². The Labute approximate surface area is 109 Å². The minimum absolute atomic E-state index is 0.698. The number of methoxy groups -OCH3 is 1. The van der Waals surface area contributed by atoms with Crippen LogP contribution in [0.15, 0.2) is 24.4 Å². The topological polar surface area (TPSA) is 34.2 Å². The lowest BCUT2D eigenvalue weighted by molar-refractivity contribution is 0.416. The Bertz CT molecular complexity index is 513. The predicted octanol–water partition coefficient (Wildman–Crippen LogP) is 3.19. The fourth-order valence-corrected chi connectivity index (χ4v) is 2.66. The predicted molar refractivity (Wildman–Crippen MR) is 71.9 cm³/mol. The first-order valence-corrected chi connectivity index (χ1v) is 6.37. The van der Waals surface area contributed by atoms with E-state index in [4.69, 9.17) is 16.3 Å². The highest BCUT2D eigenvalue weighted by atomic mass is 35.5. The van der Waals surface area contributed by atoms with Gasteiger partial charge in [0.05, 0.1) is 12.0 Å². The molecule has 0 spiro atoms. The van der Waals surface area contributed by atoms with Crippen molar-refractivity contribution in [3.05, 3.63) is 34.4 Å². The van der Waals surface area contributed by atoms with Crippen molar-refractivity contribution in [1.29, 1.82) is 0 Å². The van der Waals surface area contributed by atoms with Crippen LogP contribution in [0.25, 0.3) is 10.4 Å². The van der Waals surface area contributed by atoms with Crippen molar-refractivity contribution < 1.29 is 4.74 Å². The summed E-state index contributed by atoms with van der Waals surface area (Å²) in [6, 6.07) is 5.59. The molecule has 3 nitrogen and oxygen atoms in total. The summed E-state index contributed by atoms with van der Waals surface area (Å²) in [6.07, 6.45) is 1.85. The van der Waals surface area contributed by atoms with E-state index in [-0.39, 0.29) is 0 Å². The van der Waals surface area contributed by atoms with E-state index in [2.05, 4.69) is 10.3 Å². The summed E-state index contributed by atoms with van der Waals surface area (Å²) in [7, 11) is 3.56.